The SMILES string of the molecule is O=C(c1cc(Cl)c[nH]1)N1CCN(CCc2ccccn2)CC1. The third-order valence-electron chi connectivity index (χ3n) is 3.95. The van der Waals surface area contributed by atoms with Crippen LogP contribution in [0.5, 0.6) is 0 Å². The Kier molecular flexibility index (Phi) is 4.75. The van der Waals surface area contributed by atoms with Crippen LogP contribution in [0.25, 0.3) is 0 Å². The second-order valence-electron chi connectivity index (χ2n) is 5.44. The van der Waals surface area contributed by atoms with Crippen molar-refractivity contribution in [2.75, 3.05) is 32.7 Å². The van der Waals surface area contributed by atoms with E-state index in [2.05, 4.69) is 20.9 Å². The molecule has 6 heteroatoms. The van der Waals surface area contributed by atoms with Crippen LogP contribution in [0.3, 0.4) is 0 Å². The summed E-state index contributed by atoms with van der Waals surface area (Å²) in [5.74, 6) is 0.0243. The summed E-state index contributed by atoms with van der Waals surface area (Å²) < 4.78 is 0. The third kappa shape index (κ3) is 3.67. The first kappa shape index (κ1) is 15.1. The Hall–Kier alpha value is -1.85. The van der Waals surface area contributed by atoms with Crippen molar-refractivity contribution in [2.24, 2.45) is 0 Å². The van der Waals surface area contributed by atoms with Crippen LogP contribution in [0.15, 0.2) is 36.7 Å². The minimum atomic E-state index is 0.0243. The van der Waals surface area contributed by atoms with Gasteiger partial charge in [0.25, 0.3) is 5.91 Å². The standard InChI is InChI=1S/C16H19ClN4O/c17-13-11-15(19-12-13)16(22)21-9-7-20(8-10-21)6-4-14-3-1-2-5-18-14/h1-3,5,11-12,19H,4,6-10H2. The van der Waals surface area contributed by atoms with E-state index in [9.17, 15) is 4.79 Å². The van der Waals surface area contributed by atoms with E-state index < -0.39 is 0 Å². The van der Waals surface area contributed by atoms with E-state index in [1.807, 2.05) is 23.2 Å². The fourth-order valence-corrected chi connectivity index (χ4v) is 2.82. The molecule has 1 saturated heterocycles. The molecule has 0 spiro atoms. The summed E-state index contributed by atoms with van der Waals surface area (Å²) in [4.78, 5) is 23.8. The van der Waals surface area contributed by atoms with E-state index in [0.29, 0.717) is 10.7 Å². The second kappa shape index (κ2) is 6.94. The molecule has 116 valence electrons. The number of nitrogens with one attached hydrogen (secondary N) is 1. The van der Waals surface area contributed by atoms with Gasteiger partial charge in [0.1, 0.15) is 5.69 Å². The first-order valence-electron chi connectivity index (χ1n) is 7.48. The van der Waals surface area contributed by atoms with Crippen molar-refractivity contribution in [1.82, 2.24) is 19.8 Å². The predicted octanol–water partition coefficient (Wildman–Crippen LogP) is 2.06. The molecular formula is C16H19ClN4O. The van der Waals surface area contributed by atoms with Crippen LogP contribution in [-0.4, -0.2) is 58.4 Å². The summed E-state index contributed by atoms with van der Waals surface area (Å²) in [6.45, 7) is 4.27. The van der Waals surface area contributed by atoms with Gasteiger partial charge in [0.2, 0.25) is 0 Å². The maximum Gasteiger partial charge on any atom is 0.270 e. The molecule has 1 N–H and O–H groups in total. The molecule has 3 rings (SSSR count). The molecular weight excluding hydrogens is 300 g/mol. The number of carbonyl (C=O) groups is 1. The molecule has 2 aromatic rings. The van der Waals surface area contributed by atoms with Crippen molar-refractivity contribution in [1.29, 1.82) is 0 Å². The van der Waals surface area contributed by atoms with Gasteiger partial charge in [-0.3, -0.25) is 14.7 Å². The lowest BCUT2D eigenvalue weighted by atomic mass is 10.2. The van der Waals surface area contributed by atoms with Crippen LogP contribution >= 0.6 is 11.6 Å². The Balaban J connectivity index is 1.47. The molecule has 1 aliphatic rings. The molecule has 1 fully saturated rings. The number of H-pyrrole nitrogens is 1. The van der Waals surface area contributed by atoms with Gasteiger partial charge in [-0.25, -0.2) is 0 Å². The number of hydrogen-bond donors (Lipinski definition) is 1. The van der Waals surface area contributed by atoms with Gasteiger partial charge in [-0.1, -0.05) is 17.7 Å². The van der Waals surface area contributed by atoms with Gasteiger partial charge >= 0.3 is 0 Å². The maximum atomic E-state index is 12.3. The van der Waals surface area contributed by atoms with E-state index in [0.717, 1.165) is 44.8 Å². The van der Waals surface area contributed by atoms with Gasteiger partial charge in [-0.2, -0.15) is 0 Å². The van der Waals surface area contributed by atoms with Crippen LogP contribution in [-0.2, 0) is 6.42 Å². The lowest BCUT2D eigenvalue weighted by Gasteiger charge is -2.34. The number of piperazine rings is 1. The monoisotopic (exact) mass is 318 g/mol. The topological polar surface area (TPSA) is 52.2 Å². The average Bonchev–Trinajstić information content (AvgIpc) is 3.00. The normalized spacial score (nSPS) is 16.0. The minimum absolute atomic E-state index is 0.0243. The quantitative estimate of drug-likeness (QED) is 0.939. The maximum absolute atomic E-state index is 12.3. The van der Waals surface area contributed by atoms with Crippen LogP contribution in [0.2, 0.25) is 5.02 Å². The highest BCUT2D eigenvalue weighted by Crippen LogP contribution is 2.13. The van der Waals surface area contributed by atoms with E-state index in [4.69, 9.17) is 11.6 Å². The number of halogens is 1. The van der Waals surface area contributed by atoms with Crippen LogP contribution in [0.4, 0.5) is 0 Å². The molecule has 1 aliphatic heterocycles. The minimum Gasteiger partial charge on any atom is -0.356 e. The Morgan fingerprint density at radius 2 is 2.09 bits per heavy atom. The average molecular weight is 319 g/mol. The summed E-state index contributed by atoms with van der Waals surface area (Å²) in [6.07, 6.45) is 4.41. The summed E-state index contributed by atoms with van der Waals surface area (Å²) in [5.41, 5.74) is 1.67. The number of hydrogen-bond acceptors (Lipinski definition) is 3. The van der Waals surface area contributed by atoms with Gasteiger partial charge in [-0.05, 0) is 18.2 Å². The number of rotatable bonds is 4. The Bertz CT molecular complexity index is 620. The highest BCUT2D eigenvalue weighted by Gasteiger charge is 2.22. The first-order chi connectivity index (χ1) is 10.7. The molecule has 0 aliphatic carbocycles. The van der Waals surface area contributed by atoms with Crippen LogP contribution < -0.4 is 0 Å². The molecule has 1 amide bonds. The van der Waals surface area contributed by atoms with Crippen molar-refractivity contribution >= 4 is 17.5 Å². The number of aromatic nitrogens is 2. The molecule has 5 nitrogen and oxygen atoms in total. The van der Waals surface area contributed by atoms with Crippen LogP contribution in [0, 0.1) is 0 Å². The molecule has 0 atom stereocenters. The fourth-order valence-electron chi connectivity index (χ4n) is 2.65. The first-order valence-corrected chi connectivity index (χ1v) is 7.85. The highest BCUT2D eigenvalue weighted by atomic mass is 35.5. The van der Waals surface area contributed by atoms with Gasteiger partial charge in [0.15, 0.2) is 0 Å². The van der Waals surface area contributed by atoms with Gasteiger partial charge in [0, 0.05) is 57.2 Å². The number of aromatic amines is 1. The molecule has 0 saturated carbocycles. The number of amides is 1. The Labute approximate surface area is 134 Å². The van der Waals surface area contributed by atoms with E-state index in [1.165, 1.54) is 0 Å². The number of pyridine rings is 1. The van der Waals surface area contributed by atoms with E-state index in [1.54, 1.807) is 12.3 Å². The summed E-state index contributed by atoms with van der Waals surface area (Å²) >= 11 is 5.85. The summed E-state index contributed by atoms with van der Waals surface area (Å²) in [6, 6.07) is 7.67. The number of nitrogens with zero attached hydrogens (tertiary/aromatic N) is 3. The zero-order chi connectivity index (χ0) is 15.4. The molecule has 2 aromatic heterocycles. The molecule has 3 heterocycles. The van der Waals surface area contributed by atoms with E-state index >= 15 is 0 Å². The number of carbonyl (C=O) groups excluding carboxylic acids is 1. The predicted molar refractivity (Wildman–Crippen MR) is 86.1 cm³/mol. The van der Waals surface area contributed by atoms with Crippen molar-refractivity contribution in [3.05, 3.63) is 53.1 Å². The van der Waals surface area contributed by atoms with Gasteiger partial charge in [0.05, 0.1) is 5.02 Å². The smallest absolute Gasteiger partial charge is 0.270 e. The molecule has 0 aromatic carbocycles. The lowest BCUT2D eigenvalue weighted by molar-refractivity contribution is 0.0633. The van der Waals surface area contributed by atoms with Crippen LogP contribution in [0.1, 0.15) is 16.2 Å². The lowest BCUT2D eigenvalue weighted by Crippen LogP contribution is -2.49. The Morgan fingerprint density at radius 3 is 2.73 bits per heavy atom. The third-order valence-corrected chi connectivity index (χ3v) is 4.17. The highest BCUT2D eigenvalue weighted by molar-refractivity contribution is 6.30. The van der Waals surface area contributed by atoms with Gasteiger partial charge < -0.3 is 9.88 Å². The summed E-state index contributed by atoms with van der Waals surface area (Å²) in [5, 5.41) is 0.567. The zero-order valence-electron chi connectivity index (χ0n) is 12.3. The molecule has 0 bridgehead atoms. The van der Waals surface area contributed by atoms with Crippen molar-refractivity contribution in [3.63, 3.8) is 0 Å². The van der Waals surface area contributed by atoms with E-state index in [-0.39, 0.29) is 5.91 Å². The zero-order valence-corrected chi connectivity index (χ0v) is 13.1. The van der Waals surface area contributed by atoms with Gasteiger partial charge in [-0.15, -0.1) is 0 Å². The Morgan fingerprint density at radius 1 is 1.27 bits per heavy atom. The molecule has 22 heavy (non-hydrogen) atoms. The largest absolute Gasteiger partial charge is 0.356 e. The molecule has 0 radical (unpaired) electrons. The fraction of sp³-hybridized carbons (Fsp3) is 0.375. The van der Waals surface area contributed by atoms with Crippen molar-refractivity contribution < 1.29 is 4.79 Å². The summed E-state index contributed by atoms with van der Waals surface area (Å²) in [7, 11) is 0. The van der Waals surface area contributed by atoms with Crippen molar-refractivity contribution in [3.8, 4) is 0 Å². The second-order valence-corrected chi connectivity index (χ2v) is 5.87. The molecule has 0 unspecified atom stereocenters. The van der Waals surface area contributed by atoms with Crippen molar-refractivity contribution in [2.45, 2.75) is 6.42 Å².